The molecule has 106 valence electrons. The second kappa shape index (κ2) is 6.07. The minimum Gasteiger partial charge on any atom is -0.352 e. The van der Waals surface area contributed by atoms with Crippen LogP contribution in [0.25, 0.3) is 0 Å². The highest BCUT2D eigenvalue weighted by atomic mass is 32.2. The van der Waals surface area contributed by atoms with Crippen molar-refractivity contribution in [2.45, 2.75) is 13.3 Å². The van der Waals surface area contributed by atoms with Crippen LogP contribution in [0.3, 0.4) is 0 Å². The Hall–Kier alpha value is -1.54. The third-order valence-corrected chi connectivity index (χ3v) is 3.24. The van der Waals surface area contributed by atoms with Crippen LogP contribution in [-0.4, -0.2) is 26.6 Å². The maximum atomic E-state index is 13.4. The lowest BCUT2D eigenvalue weighted by Gasteiger charge is -2.07. The topological polar surface area (TPSA) is 89.3 Å². The molecule has 0 heterocycles. The van der Waals surface area contributed by atoms with Crippen LogP contribution in [0.15, 0.2) is 12.1 Å². The van der Waals surface area contributed by atoms with Gasteiger partial charge in [-0.15, -0.1) is 0 Å². The number of rotatable bonds is 5. The van der Waals surface area contributed by atoms with Crippen molar-refractivity contribution in [1.29, 1.82) is 0 Å². The molecule has 1 aromatic carbocycles. The number of aryl methyl sites for hydroxylation is 1. The zero-order valence-corrected chi connectivity index (χ0v) is 11.1. The van der Waals surface area contributed by atoms with Gasteiger partial charge < -0.3 is 5.32 Å². The number of halogens is 2. The summed E-state index contributed by atoms with van der Waals surface area (Å²) in [6.07, 6.45) is 0.117. The molecule has 1 amide bonds. The van der Waals surface area contributed by atoms with E-state index in [-0.39, 0.29) is 29.8 Å². The quantitative estimate of drug-likeness (QED) is 0.782. The Labute approximate surface area is 109 Å². The largest absolute Gasteiger partial charge is 0.352 e. The second-order valence-corrected chi connectivity index (χ2v) is 5.79. The lowest BCUT2D eigenvalue weighted by molar-refractivity contribution is 0.0949. The molecule has 0 radical (unpaired) electrons. The number of carbonyl (C=O) groups is 1. The lowest BCUT2D eigenvalue weighted by Crippen LogP contribution is -2.28. The molecule has 0 saturated heterocycles. The molecule has 0 unspecified atom stereocenters. The van der Waals surface area contributed by atoms with Crippen LogP contribution in [0.1, 0.15) is 22.3 Å². The fourth-order valence-corrected chi connectivity index (χ4v) is 1.95. The molecule has 0 aliphatic carbocycles. The van der Waals surface area contributed by atoms with E-state index in [0.29, 0.717) is 6.07 Å². The number of hydrogen-bond acceptors (Lipinski definition) is 3. The first-order valence-corrected chi connectivity index (χ1v) is 7.16. The van der Waals surface area contributed by atoms with Crippen LogP contribution < -0.4 is 10.5 Å². The summed E-state index contributed by atoms with van der Waals surface area (Å²) in [7, 11) is -3.58. The zero-order valence-electron chi connectivity index (χ0n) is 10.2. The van der Waals surface area contributed by atoms with Crippen molar-refractivity contribution in [2.75, 3.05) is 12.3 Å². The summed E-state index contributed by atoms with van der Waals surface area (Å²) < 4.78 is 47.7. The number of carbonyl (C=O) groups excluding carboxylic acids is 1. The van der Waals surface area contributed by atoms with E-state index in [0.717, 1.165) is 6.07 Å². The molecular formula is C11H14F2N2O3S. The SMILES string of the molecule is Cc1cc(C(=O)NCCCS(N)(=O)=O)c(F)cc1F. The van der Waals surface area contributed by atoms with Crippen molar-refractivity contribution in [3.63, 3.8) is 0 Å². The van der Waals surface area contributed by atoms with E-state index < -0.39 is 27.6 Å². The predicted molar refractivity (Wildman–Crippen MR) is 66.0 cm³/mol. The molecule has 3 N–H and O–H groups in total. The third kappa shape index (κ3) is 4.92. The Balaban J connectivity index is 2.62. The average Bonchev–Trinajstić information content (AvgIpc) is 2.28. The van der Waals surface area contributed by atoms with E-state index in [4.69, 9.17) is 5.14 Å². The first-order chi connectivity index (χ1) is 8.70. The Kier molecular flexibility index (Phi) is 4.96. The lowest BCUT2D eigenvalue weighted by atomic mass is 10.1. The van der Waals surface area contributed by atoms with E-state index in [1.54, 1.807) is 0 Å². The van der Waals surface area contributed by atoms with Crippen LogP contribution in [0.2, 0.25) is 0 Å². The minimum atomic E-state index is -3.58. The molecule has 1 aromatic rings. The predicted octanol–water partition coefficient (Wildman–Crippen LogP) is 0.682. The fourth-order valence-electron chi connectivity index (χ4n) is 1.40. The molecule has 19 heavy (non-hydrogen) atoms. The Morgan fingerprint density at radius 2 is 1.95 bits per heavy atom. The van der Waals surface area contributed by atoms with Crippen LogP contribution in [-0.2, 0) is 10.0 Å². The normalized spacial score (nSPS) is 11.4. The number of sulfonamides is 1. The van der Waals surface area contributed by atoms with Gasteiger partial charge in [0.25, 0.3) is 5.91 Å². The van der Waals surface area contributed by atoms with Gasteiger partial charge in [-0.3, -0.25) is 4.79 Å². The van der Waals surface area contributed by atoms with Crippen molar-refractivity contribution < 1.29 is 22.0 Å². The molecule has 0 aliphatic heterocycles. The smallest absolute Gasteiger partial charge is 0.254 e. The van der Waals surface area contributed by atoms with Gasteiger partial charge in [-0.25, -0.2) is 22.3 Å². The molecular weight excluding hydrogens is 278 g/mol. The first-order valence-electron chi connectivity index (χ1n) is 5.45. The maximum Gasteiger partial charge on any atom is 0.254 e. The number of benzene rings is 1. The minimum absolute atomic E-state index is 0.0329. The molecule has 0 atom stereocenters. The van der Waals surface area contributed by atoms with Gasteiger partial charge in [0.1, 0.15) is 11.6 Å². The van der Waals surface area contributed by atoms with Gasteiger partial charge in [0, 0.05) is 12.6 Å². The molecule has 8 heteroatoms. The third-order valence-electron chi connectivity index (χ3n) is 2.38. The van der Waals surface area contributed by atoms with E-state index >= 15 is 0 Å². The standard InChI is InChI=1S/C11H14F2N2O3S/c1-7-5-8(10(13)6-9(7)12)11(16)15-3-2-4-19(14,17)18/h5-6H,2-4H2,1H3,(H,15,16)(H2,14,17,18). The number of amides is 1. The summed E-state index contributed by atoms with van der Waals surface area (Å²) in [4.78, 5) is 11.6. The van der Waals surface area contributed by atoms with Gasteiger partial charge in [0.15, 0.2) is 0 Å². The molecule has 0 aromatic heterocycles. The molecule has 0 bridgehead atoms. The van der Waals surface area contributed by atoms with Crippen LogP contribution in [0.5, 0.6) is 0 Å². The Morgan fingerprint density at radius 3 is 2.53 bits per heavy atom. The molecule has 0 aliphatic rings. The number of primary sulfonamides is 1. The van der Waals surface area contributed by atoms with E-state index in [9.17, 15) is 22.0 Å². The maximum absolute atomic E-state index is 13.4. The average molecular weight is 292 g/mol. The summed E-state index contributed by atoms with van der Waals surface area (Å²) in [6, 6.07) is 1.73. The number of nitrogens with two attached hydrogens (primary N) is 1. The van der Waals surface area contributed by atoms with Gasteiger partial charge in [-0.05, 0) is 25.0 Å². The van der Waals surface area contributed by atoms with Crippen molar-refractivity contribution >= 4 is 15.9 Å². The second-order valence-electron chi connectivity index (χ2n) is 4.06. The van der Waals surface area contributed by atoms with E-state index in [2.05, 4.69) is 5.32 Å². The highest BCUT2D eigenvalue weighted by Crippen LogP contribution is 2.13. The summed E-state index contributed by atoms with van der Waals surface area (Å²) in [6.45, 7) is 1.44. The zero-order chi connectivity index (χ0) is 14.6. The van der Waals surface area contributed by atoms with Crippen LogP contribution in [0.4, 0.5) is 8.78 Å². The highest BCUT2D eigenvalue weighted by molar-refractivity contribution is 7.89. The van der Waals surface area contributed by atoms with Crippen molar-refractivity contribution in [3.05, 3.63) is 34.9 Å². The van der Waals surface area contributed by atoms with Crippen molar-refractivity contribution in [1.82, 2.24) is 5.32 Å². The summed E-state index contributed by atoms with van der Waals surface area (Å²) >= 11 is 0. The van der Waals surface area contributed by atoms with E-state index in [1.165, 1.54) is 6.92 Å². The fraction of sp³-hybridized carbons (Fsp3) is 0.364. The highest BCUT2D eigenvalue weighted by Gasteiger charge is 2.14. The van der Waals surface area contributed by atoms with Gasteiger partial charge >= 0.3 is 0 Å². The molecule has 5 nitrogen and oxygen atoms in total. The van der Waals surface area contributed by atoms with Crippen LogP contribution >= 0.6 is 0 Å². The Morgan fingerprint density at radius 1 is 1.32 bits per heavy atom. The summed E-state index contributed by atoms with van der Waals surface area (Å²) in [5, 5.41) is 7.12. The summed E-state index contributed by atoms with van der Waals surface area (Å²) in [5.74, 6) is -2.71. The van der Waals surface area contributed by atoms with Gasteiger partial charge in [-0.1, -0.05) is 0 Å². The number of hydrogen-bond donors (Lipinski definition) is 2. The van der Waals surface area contributed by atoms with Crippen LogP contribution in [0, 0.1) is 18.6 Å². The van der Waals surface area contributed by atoms with Gasteiger partial charge in [-0.2, -0.15) is 0 Å². The van der Waals surface area contributed by atoms with Crippen molar-refractivity contribution in [2.24, 2.45) is 5.14 Å². The molecule has 0 fully saturated rings. The molecule has 1 rings (SSSR count). The monoisotopic (exact) mass is 292 g/mol. The van der Waals surface area contributed by atoms with Gasteiger partial charge in [0.05, 0.1) is 11.3 Å². The number of nitrogens with one attached hydrogen (secondary N) is 1. The molecule has 0 saturated carbocycles. The van der Waals surface area contributed by atoms with Crippen molar-refractivity contribution in [3.8, 4) is 0 Å². The van der Waals surface area contributed by atoms with E-state index in [1.807, 2.05) is 0 Å². The Bertz CT molecular complexity index is 588. The summed E-state index contributed by atoms with van der Waals surface area (Å²) in [5.41, 5.74) is -0.134. The first kappa shape index (κ1) is 15.5. The molecule has 0 spiro atoms. The van der Waals surface area contributed by atoms with Gasteiger partial charge in [0.2, 0.25) is 10.0 Å².